The van der Waals surface area contributed by atoms with Crippen molar-refractivity contribution in [2.45, 2.75) is 51.5 Å². The van der Waals surface area contributed by atoms with Crippen LogP contribution >= 0.6 is 22.9 Å². The maximum Gasteiger partial charge on any atom is 0.0931 e. The van der Waals surface area contributed by atoms with Gasteiger partial charge in [-0.15, -0.1) is 11.3 Å². The molecule has 106 valence electrons. The number of thiophene rings is 1. The van der Waals surface area contributed by atoms with Gasteiger partial charge < -0.3 is 5.32 Å². The predicted octanol–water partition coefficient (Wildman–Crippen LogP) is 4.75. The van der Waals surface area contributed by atoms with E-state index >= 15 is 0 Å². The van der Waals surface area contributed by atoms with E-state index in [1.165, 1.54) is 49.9 Å². The first-order chi connectivity index (χ1) is 9.20. The summed E-state index contributed by atoms with van der Waals surface area (Å²) >= 11 is 7.83. The second kappa shape index (κ2) is 6.15. The van der Waals surface area contributed by atoms with Crippen molar-refractivity contribution in [2.24, 2.45) is 17.8 Å². The molecule has 0 bridgehead atoms. The van der Waals surface area contributed by atoms with E-state index < -0.39 is 0 Å². The molecule has 2 fully saturated rings. The average Bonchev–Trinajstić information content (AvgIpc) is 3.12. The normalized spacial score (nSPS) is 31.6. The van der Waals surface area contributed by atoms with Gasteiger partial charge >= 0.3 is 0 Å². The lowest BCUT2D eigenvalue weighted by Gasteiger charge is -2.35. The van der Waals surface area contributed by atoms with E-state index in [1.807, 2.05) is 6.07 Å². The molecule has 0 saturated heterocycles. The second-order valence-electron chi connectivity index (χ2n) is 6.53. The molecule has 1 heterocycles. The first-order valence-electron chi connectivity index (χ1n) is 7.68. The van der Waals surface area contributed by atoms with Gasteiger partial charge in [-0.25, -0.2) is 0 Å². The summed E-state index contributed by atoms with van der Waals surface area (Å²) in [5.74, 6) is 2.63. The molecular weight excluding hydrogens is 274 g/mol. The van der Waals surface area contributed by atoms with Crippen molar-refractivity contribution in [3.8, 4) is 0 Å². The SMILES string of the molecule is CC1CCC(CNC2CC2)C(Cc2ccc(Cl)s2)C1. The molecule has 1 aromatic rings. The van der Waals surface area contributed by atoms with Gasteiger partial charge in [0.25, 0.3) is 0 Å². The van der Waals surface area contributed by atoms with Gasteiger partial charge in [0, 0.05) is 10.9 Å². The molecule has 1 aromatic heterocycles. The molecule has 0 aliphatic heterocycles. The molecule has 3 unspecified atom stereocenters. The fourth-order valence-electron chi connectivity index (χ4n) is 3.41. The standard InChI is InChI=1S/C16H24ClNS/c1-11-2-3-12(10-18-14-4-5-14)13(8-11)9-15-6-7-16(17)19-15/h6-7,11-14,18H,2-5,8-10H2,1H3. The van der Waals surface area contributed by atoms with Crippen LogP contribution in [0.2, 0.25) is 4.34 Å². The highest BCUT2D eigenvalue weighted by molar-refractivity contribution is 7.16. The van der Waals surface area contributed by atoms with Crippen LogP contribution in [0.1, 0.15) is 43.9 Å². The number of halogens is 1. The number of nitrogens with one attached hydrogen (secondary N) is 1. The molecule has 2 saturated carbocycles. The number of hydrogen-bond acceptors (Lipinski definition) is 2. The third-order valence-electron chi connectivity index (χ3n) is 4.74. The van der Waals surface area contributed by atoms with Crippen molar-refractivity contribution >= 4 is 22.9 Å². The minimum atomic E-state index is 0.844. The average molecular weight is 298 g/mol. The van der Waals surface area contributed by atoms with Crippen molar-refractivity contribution in [3.63, 3.8) is 0 Å². The molecular formula is C16H24ClNS. The Hall–Kier alpha value is -0.0500. The van der Waals surface area contributed by atoms with Crippen LogP contribution in [-0.2, 0) is 6.42 Å². The second-order valence-corrected chi connectivity index (χ2v) is 8.33. The van der Waals surface area contributed by atoms with E-state index in [0.29, 0.717) is 0 Å². The summed E-state index contributed by atoms with van der Waals surface area (Å²) in [6.45, 7) is 3.65. The largest absolute Gasteiger partial charge is 0.314 e. The maximum absolute atomic E-state index is 6.06. The Bertz CT molecular complexity index is 413. The first-order valence-corrected chi connectivity index (χ1v) is 8.87. The van der Waals surface area contributed by atoms with Crippen LogP contribution in [0.3, 0.4) is 0 Å². The lowest BCUT2D eigenvalue weighted by atomic mass is 9.73. The molecule has 3 heteroatoms. The van der Waals surface area contributed by atoms with Gasteiger partial charge in [0.2, 0.25) is 0 Å². The Kier molecular flexibility index (Phi) is 4.51. The summed E-state index contributed by atoms with van der Waals surface area (Å²) in [6.07, 6.45) is 8.25. The fourth-order valence-corrected chi connectivity index (χ4v) is 4.59. The Morgan fingerprint density at radius 3 is 2.74 bits per heavy atom. The van der Waals surface area contributed by atoms with Crippen molar-refractivity contribution in [1.82, 2.24) is 5.32 Å². The van der Waals surface area contributed by atoms with Gasteiger partial charge in [-0.3, -0.25) is 0 Å². The molecule has 19 heavy (non-hydrogen) atoms. The Balaban J connectivity index is 1.59. The molecule has 0 amide bonds. The van der Waals surface area contributed by atoms with E-state index in [1.54, 1.807) is 11.3 Å². The molecule has 1 N–H and O–H groups in total. The predicted molar refractivity (Wildman–Crippen MR) is 84.1 cm³/mol. The zero-order valence-electron chi connectivity index (χ0n) is 11.7. The van der Waals surface area contributed by atoms with Crippen molar-refractivity contribution < 1.29 is 0 Å². The van der Waals surface area contributed by atoms with Gasteiger partial charge in [0.15, 0.2) is 0 Å². The van der Waals surface area contributed by atoms with Crippen LogP contribution in [0.4, 0.5) is 0 Å². The summed E-state index contributed by atoms with van der Waals surface area (Å²) < 4.78 is 0.937. The van der Waals surface area contributed by atoms with E-state index in [-0.39, 0.29) is 0 Å². The Labute approximate surface area is 125 Å². The van der Waals surface area contributed by atoms with Crippen molar-refractivity contribution in [1.29, 1.82) is 0 Å². The van der Waals surface area contributed by atoms with Crippen molar-refractivity contribution in [2.75, 3.05) is 6.54 Å². The monoisotopic (exact) mass is 297 g/mol. The molecule has 0 aromatic carbocycles. The van der Waals surface area contributed by atoms with E-state index in [4.69, 9.17) is 11.6 Å². The first kappa shape index (κ1) is 13.9. The van der Waals surface area contributed by atoms with Gasteiger partial charge in [-0.1, -0.05) is 24.9 Å². The maximum atomic E-state index is 6.06. The third-order valence-corrected chi connectivity index (χ3v) is 5.99. The van der Waals surface area contributed by atoms with Gasteiger partial charge in [0.1, 0.15) is 0 Å². The summed E-state index contributed by atoms with van der Waals surface area (Å²) in [4.78, 5) is 1.47. The minimum Gasteiger partial charge on any atom is -0.314 e. The number of rotatable bonds is 5. The van der Waals surface area contributed by atoms with Crippen LogP contribution in [0, 0.1) is 17.8 Å². The lowest BCUT2D eigenvalue weighted by Crippen LogP contribution is -2.34. The number of hydrogen-bond donors (Lipinski definition) is 1. The molecule has 0 spiro atoms. The highest BCUT2D eigenvalue weighted by Crippen LogP contribution is 2.37. The molecule has 3 atom stereocenters. The molecule has 3 rings (SSSR count). The molecule has 1 nitrogen and oxygen atoms in total. The zero-order chi connectivity index (χ0) is 13.2. The van der Waals surface area contributed by atoms with Gasteiger partial charge in [-0.05, 0) is 68.5 Å². The summed E-state index contributed by atoms with van der Waals surface area (Å²) in [7, 11) is 0. The molecule has 2 aliphatic rings. The highest BCUT2D eigenvalue weighted by atomic mass is 35.5. The van der Waals surface area contributed by atoms with E-state index in [2.05, 4.69) is 18.3 Å². The third kappa shape index (κ3) is 3.96. The van der Waals surface area contributed by atoms with Gasteiger partial charge in [-0.2, -0.15) is 0 Å². The quantitative estimate of drug-likeness (QED) is 0.827. The zero-order valence-corrected chi connectivity index (χ0v) is 13.3. The molecule has 0 radical (unpaired) electrons. The summed E-state index contributed by atoms with van der Waals surface area (Å²) in [5.41, 5.74) is 0. The highest BCUT2D eigenvalue weighted by Gasteiger charge is 2.30. The summed E-state index contributed by atoms with van der Waals surface area (Å²) in [6, 6.07) is 5.11. The van der Waals surface area contributed by atoms with Crippen LogP contribution in [0.25, 0.3) is 0 Å². The smallest absolute Gasteiger partial charge is 0.0931 e. The Morgan fingerprint density at radius 1 is 1.21 bits per heavy atom. The van der Waals surface area contributed by atoms with Gasteiger partial charge in [0.05, 0.1) is 4.34 Å². The van der Waals surface area contributed by atoms with Crippen LogP contribution in [0.15, 0.2) is 12.1 Å². The topological polar surface area (TPSA) is 12.0 Å². The minimum absolute atomic E-state index is 0.844. The Morgan fingerprint density at radius 2 is 2.05 bits per heavy atom. The summed E-state index contributed by atoms with van der Waals surface area (Å²) in [5, 5.41) is 3.74. The van der Waals surface area contributed by atoms with E-state index in [9.17, 15) is 0 Å². The molecule has 2 aliphatic carbocycles. The lowest BCUT2D eigenvalue weighted by molar-refractivity contribution is 0.184. The van der Waals surface area contributed by atoms with Crippen LogP contribution < -0.4 is 5.32 Å². The fraction of sp³-hybridized carbons (Fsp3) is 0.750. The van der Waals surface area contributed by atoms with Crippen LogP contribution in [-0.4, -0.2) is 12.6 Å². The van der Waals surface area contributed by atoms with Crippen molar-refractivity contribution in [3.05, 3.63) is 21.3 Å². The van der Waals surface area contributed by atoms with Crippen LogP contribution in [0.5, 0.6) is 0 Å². The van der Waals surface area contributed by atoms with E-state index in [0.717, 1.165) is 28.1 Å².